The van der Waals surface area contributed by atoms with Gasteiger partial charge in [0.05, 0.1) is 4.90 Å². The summed E-state index contributed by atoms with van der Waals surface area (Å²) in [6.45, 7) is 7.63. The van der Waals surface area contributed by atoms with Gasteiger partial charge in [0.25, 0.3) is 15.9 Å². The molecule has 1 amide bonds. The number of sulfonamides is 1. The Hall–Kier alpha value is -3.36. The first kappa shape index (κ1) is 24.8. The van der Waals surface area contributed by atoms with E-state index in [2.05, 4.69) is 51.0 Å². The van der Waals surface area contributed by atoms with Crippen molar-refractivity contribution < 1.29 is 13.2 Å². The number of nitrogens with zero attached hydrogens (tertiary/aromatic N) is 2. The third kappa shape index (κ3) is 6.83. The lowest BCUT2D eigenvalue weighted by Crippen LogP contribution is -2.47. The monoisotopic (exact) mass is 492 g/mol. The molecule has 7 nitrogen and oxygen atoms in total. The molecule has 0 spiro atoms. The summed E-state index contributed by atoms with van der Waals surface area (Å²) in [6, 6.07) is 23.3. The Morgan fingerprint density at radius 1 is 0.886 bits per heavy atom. The Bertz CT molecular complexity index is 1240. The van der Waals surface area contributed by atoms with Gasteiger partial charge < -0.3 is 10.2 Å². The maximum absolute atomic E-state index is 12.6. The number of nitrogens with one attached hydrogen (secondary N) is 2. The SMILES string of the molecule is Cc1cccc(N2CCN(CCCNC(=O)c3cccc(NS(=O)(=O)c4ccccc4)c3)CC2)c1. The largest absolute Gasteiger partial charge is 0.369 e. The molecule has 184 valence electrons. The molecule has 8 heteroatoms. The third-order valence-electron chi connectivity index (χ3n) is 6.11. The lowest BCUT2D eigenvalue weighted by atomic mass is 10.2. The Morgan fingerprint density at radius 2 is 1.63 bits per heavy atom. The van der Waals surface area contributed by atoms with Gasteiger partial charge in [0, 0.05) is 49.7 Å². The number of rotatable bonds is 9. The second kappa shape index (κ2) is 11.4. The predicted molar refractivity (Wildman–Crippen MR) is 140 cm³/mol. The van der Waals surface area contributed by atoms with Crippen LogP contribution in [0.15, 0.2) is 83.8 Å². The predicted octanol–water partition coefficient (Wildman–Crippen LogP) is 3.74. The standard InChI is InChI=1S/C27H32N4O3S/c1-22-8-5-11-25(20-22)31-18-16-30(17-19-31)15-7-14-28-27(32)23-9-6-10-24(21-23)29-35(33,34)26-12-3-2-4-13-26/h2-6,8-13,20-21,29H,7,14-19H2,1H3,(H,28,32). The smallest absolute Gasteiger partial charge is 0.261 e. The molecule has 2 N–H and O–H groups in total. The van der Waals surface area contributed by atoms with Crippen molar-refractivity contribution >= 4 is 27.3 Å². The van der Waals surface area contributed by atoms with Crippen LogP contribution < -0.4 is 14.9 Å². The lowest BCUT2D eigenvalue weighted by molar-refractivity contribution is 0.0951. The minimum Gasteiger partial charge on any atom is -0.369 e. The topological polar surface area (TPSA) is 81.8 Å². The van der Waals surface area contributed by atoms with Gasteiger partial charge in [0.1, 0.15) is 0 Å². The van der Waals surface area contributed by atoms with E-state index in [0.717, 1.165) is 39.1 Å². The van der Waals surface area contributed by atoms with E-state index in [-0.39, 0.29) is 10.8 Å². The highest BCUT2D eigenvalue weighted by Crippen LogP contribution is 2.19. The second-order valence-corrected chi connectivity index (χ2v) is 10.5. The maximum Gasteiger partial charge on any atom is 0.261 e. The van der Waals surface area contributed by atoms with Crippen molar-refractivity contribution in [1.82, 2.24) is 10.2 Å². The number of hydrogen-bond acceptors (Lipinski definition) is 5. The van der Waals surface area contributed by atoms with Gasteiger partial charge in [-0.1, -0.05) is 36.4 Å². The van der Waals surface area contributed by atoms with E-state index < -0.39 is 10.0 Å². The fraction of sp³-hybridized carbons (Fsp3) is 0.296. The Morgan fingerprint density at radius 3 is 2.37 bits per heavy atom. The number of carbonyl (C=O) groups is 1. The van der Waals surface area contributed by atoms with Gasteiger partial charge in [-0.2, -0.15) is 0 Å². The summed E-state index contributed by atoms with van der Waals surface area (Å²) in [6.07, 6.45) is 0.858. The van der Waals surface area contributed by atoms with Gasteiger partial charge in [0.15, 0.2) is 0 Å². The van der Waals surface area contributed by atoms with Crippen molar-refractivity contribution in [2.75, 3.05) is 48.9 Å². The number of anilines is 2. The Balaban J connectivity index is 1.21. The molecule has 1 aliphatic rings. The van der Waals surface area contributed by atoms with Crippen molar-refractivity contribution in [2.45, 2.75) is 18.2 Å². The third-order valence-corrected chi connectivity index (χ3v) is 7.50. The summed E-state index contributed by atoms with van der Waals surface area (Å²) < 4.78 is 27.6. The molecule has 3 aromatic carbocycles. The van der Waals surface area contributed by atoms with Crippen LogP contribution in [0, 0.1) is 6.92 Å². The first-order valence-corrected chi connectivity index (χ1v) is 13.4. The van der Waals surface area contributed by atoms with E-state index >= 15 is 0 Å². The normalized spacial score (nSPS) is 14.5. The first-order chi connectivity index (χ1) is 16.9. The molecule has 0 unspecified atom stereocenters. The molecule has 1 heterocycles. The van der Waals surface area contributed by atoms with Crippen LogP contribution in [0.4, 0.5) is 11.4 Å². The van der Waals surface area contributed by atoms with Crippen LogP contribution in [0.5, 0.6) is 0 Å². The quantitative estimate of drug-likeness (QED) is 0.445. The zero-order valence-corrected chi connectivity index (χ0v) is 20.8. The summed E-state index contributed by atoms with van der Waals surface area (Å²) in [5, 5.41) is 2.95. The van der Waals surface area contributed by atoms with Crippen LogP contribution in [0.1, 0.15) is 22.3 Å². The summed E-state index contributed by atoms with van der Waals surface area (Å²) in [7, 11) is -3.70. The molecular formula is C27H32N4O3S. The summed E-state index contributed by atoms with van der Waals surface area (Å²) >= 11 is 0. The van der Waals surface area contributed by atoms with E-state index in [4.69, 9.17) is 0 Å². The Labute approximate surface area is 207 Å². The number of benzene rings is 3. The molecule has 0 atom stereocenters. The first-order valence-electron chi connectivity index (χ1n) is 11.9. The van der Waals surface area contributed by atoms with Crippen LogP contribution >= 0.6 is 0 Å². The molecule has 3 aromatic rings. The van der Waals surface area contributed by atoms with E-state index in [0.29, 0.717) is 17.8 Å². The molecule has 1 fully saturated rings. The van der Waals surface area contributed by atoms with E-state index in [1.807, 2.05) is 0 Å². The number of carbonyl (C=O) groups excluding carboxylic acids is 1. The number of amides is 1. The van der Waals surface area contributed by atoms with Crippen molar-refractivity contribution in [3.8, 4) is 0 Å². The molecule has 35 heavy (non-hydrogen) atoms. The van der Waals surface area contributed by atoms with E-state index in [1.54, 1.807) is 42.5 Å². The van der Waals surface area contributed by atoms with Crippen LogP contribution in [0.3, 0.4) is 0 Å². The Kier molecular flexibility index (Phi) is 8.05. The molecule has 0 aliphatic carbocycles. The van der Waals surface area contributed by atoms with Gasteiger partial charge in [-0.15, -0.1) is 0 Å². The van der Waals surface area contributed by atoms with Gasteiger partial charge >= 0.3 is 0 Å². The fourth-order valence-electron chi connectivity index (χ4n) is 4.20. The zero-order valence-electron chi connectivity index (χ0n) is 20.0. The zero-order chi connectivity index (χ0) is 24.7. The van der Waals surface area contributed by atoms with Crippen LogP contribution in [0.2, 0.25) is 0 Å². The molecule has 0 saturated carbocycles. The van der Waals surface area contributed by atoms with Gasteiger partial charge in [-0.3, -0.25) is 14.4 Å². The average Bonchev–Trinajstić information content (AvgIpc) is 2.87. The van der Waals surface area contributed by atoms with Crippen LogP contribution in [0.25, 0.3) is 0 Å². The van der Waals surface area contributed by atoms with Gasteiger partial charge in [-0.25, -0.2) is 8.42 Å². The van der Waals surface area contributed by atoms with Crippen LogP contribution in [-0.2, 0) is 10.0 Å². The molecule has 4 rings (SSSR count). The highest BCUT2D eigenvalue weighted by Gasteiger charge is 2.17. The molecule has 0 radical (unpaired) electrons. The van der Waals surface area contributed by atoms with Crippen molar-refractivity contribution in [3.63, 3.8) is 0 Å². The molecule has 1 aliphatic heterocycles. The molecule has 0 aromatic heterocycles. The van der Waals surface area contributed by atoms with Gasteiger partial charge in [-0.05, 0) is 67.9 Å². The minimum atomic E-state index is -3.70. The minimum absolute atomic E-state index is 0.176. The average molecular weight is 493 g/mol. The number of hydrogen-bond donors (Lipinski definition) is 2. The van der Waals surface area contributed by atoms with E-state index in [9.17, 15) is 13.2 Å². The summed E-state index contributed by atoms with van der Waals surface area (Å²) in [5.41, 5.74) is 3.34. The van der Waals surface area contributed by atoms with Crippen molar-refractivity contribution in [2.24, 2.45) is 0 Å². The lowest BCUT2D eigenvalue weighted by Gasteiger charge is -2.36. The summed E-state index contributed by atoms with van der Waals surface area (Å²) in [4.78, 5) is 17.6. The van der Waals surface area contributed by atoms with Crippen molar-refractivity contribution in [3.05, 3.63) is 90.0 Å². The molecular weight excluding hydrogens is 460 g/mol. The fourth-order valence-corrected chi connectivity index (χ4v) is 5.27. The highest BCUT2D eigenvalue weighted by molar-refractivity contribution is 7.92. The number of aryl methyl sites for hydroxylation is 1. The van der Waals surface area contributed by atoms with Crippen LogP contribution in [-0.4, -0.2) is 58.5 Å². The van der Waals surface area contributed by atoms with Gasteiger partial charge in [0.2, 0.25) is 0 Å². The molecule has 0 bridgehead atoms. The highest BCUT2D eigenvalue weighted by atomic mass is 32.2. The molecule has 1 saturated heterocycles. The van der Waals surface area contributed by atoms with Crippen molar-refractivity contribution in [1.29, 1.82) is 0 Å². The number of piperazine rings is 1. The second-order valence-electron chi connectivity index (χ2n) is 8.78. The van der Waals surface area contributed by atoms with E-state index in [1.165, 1.54) is 23.4 Å². The summed E-state index contributed by atoms with van der Waals surface area (Å²) in [5.74, 6) is -0.213. The maximum atomic E-state index is 12.6.